The van der Waals surface area contributed by atoms with Crippen molar-refractivity contribution in [1.82, 2.24) is 0 Å². The van der Waals surface area contributed by atoms with Crippen molar-refractivity contribution in [3.05, 3.63) is 97.9 Å². The van der Waals surface area contributed by atoms with Crippen molar-refractivity contribution in [3.8, 4) is 11.5 Å². The molecule has 0 aromatic heterocycles. The molecule has 1 amide bonds. The van der Waals surface area contributed by atoms with E-state index in [2.05, 4.69) is 0 Å². The molecule has 3 aromatic rings. The molecule has 9 nitrogen and oxygen atoms in total. The Bertz CT molecular complexity index is 1510. The van der Waals surface area contributed by atoms with E-state index in [0.29, 0.717) is 22.7 Å². The van der Waals surface area contributed by atoms with Gasteiger partial charge in [-0.3, -0.25) is 19.8 Å². The number of amides is 1. The monoisotopic (exact) mass is 492 g/mol. The van der Waals surface area contributed by atoms with Crippen LogP contribution in [0.4, 0.5) is 11.4 Å². The van der Waals surface area contributed by atoms with Gasteiger partial charge in [-0.05, 0) is 66.4 Å². The minimum atomic E-state index is -4.27. The van der Waals surface area contributed by atoms with Gasteiger partial charge >= 0.3 is 0 Å². The van der Waals surface area contributed by atoms with E-state index in [4.69, 9.17) is 9.47 Å². The third-order valence-electron chi connectivity index (χ3n) is 5.81. The zero-order valence-electron chi connectivity index (χ0n) is 18.8. The molecular formula is C25H20N2O7S. The van der Waals surface area contributed by atoms with E-state index >= 15 is 0 Å². The number of nitro benzene ring substituents is 1. The lowest BCUT2D eigenvalue weighted by atomic mass is 10.1. The van der Waals surface area contributed by atoms with Gasteiger partial charge in [0.25, 0.3) is 11.6 Å². The number of hydrogen-bond donors (Lipinski definition) is 0. The first-order valence-corrected chi connectivity index (χ1v) is 12.2. The second-order valence-corrected chi connectivity index (χ2v) is 10.4. The van der Waals surface area contributed by atoms with Crippen molar-refractivity contribution >= 4 is 33.2 Å². The Labute approximate surface area is 201 Å². The SMILES string of the molecule is Cc1cc(C)cc(N2C(=O)/C(=C/c3ccc4c(c3)OCO4)S(=O)(=O)[C@H]2c2cccc([N+](=O)[O-])c2)c1. The molecule has 178 valence electrons. The number of benzene rings is 3. The summed E-state index contributed by atoms with van der Waals surface area (Å²) in [5, 5.41) is 9.91. The number of hydrogen-bond acceptors (Lipinski definition) is 7. The number of rotatable bonds is 4. The Kier molecular flexibility index (Phi) is 5.32. The Morgan fingerprint density at radius 1 is 1.00 bits per heavy atom. The topological polar surface area (TPSA) is 116 Å². The standard InChI is InChI=1S/C25H20N2O7S/c1-15-8-16(2)10-20(9-15)26-24(28)23(12-17-6-7-21-22(11-17)34-14-33-21)35(31,32)25(26)18-4-3-5-19(13-18)27(29)30/h3-13,25H,14H2,1-2H3/b23-12-/t25-/m0/s1. The Morgan fingerprint density at radius 2 is 1.71 bits per heavy atom. The van der Waals surface area contributed by atoms with Crippen molar-refractivity contribution in [3.63, 3.8) is 0 Å². The number of non-ortho nitro benzene ring substituents is 1. The molecule has 0 radical (unpaired) electrons. The van der Waals surface area contributed by atoms with Crippen molar-refractivity contribution in [1.29, 1.82) is 0 Å². The summed E-state index contributed by atoms with van der Waals surface area (Å²) >= 11 is 0. The number of sulfone groups is 1. The summed E-state index contributed by atoms with van der Waals surface area (Å²) < 4.78 is 38.3. The number of nitrogens with zero attached hydrogens (tertiary/aromatic N) is 2. The van der Waals surface area contributed by atoms with Gasteiger partial charge in [0.15, 0.2) is 16.9 Å². The molecule has 2 heterocycles. The van der Waals surface area contributed by atoms with E-state index < -0.39 is 30.9 Å². The zero-order valence-corrected chi connectivity index (χ0v) is 19.6. The highest BCUT2D eigenvalue weighted by Gasteiger charge is 2.50. The van der Waals surface area contributed by atoms with Crippen LogP contribution in [0.5, 0.6) is 11.5 Å². The summed E-state index contributed by atoms with van der Waals surface area (Å²) in [6.45, 7) is 3.75. The van der Waals surface area contributed by atoms with Crippen LogP contribution in [0.2, 0.25) is 0 Å². The summed E-state index contributed by atoms with van der Waals surface area (Å²) in [7, 11) is -4.27. The van der Waals surface area contributed by atoms with Gasteiger partial charge in [0, 0.05) is 17.8 Å². The Hall–Kier alpha value is -4.18. The average Bonchev–Trinajstić information content (AvgIpc) is 3.34. The first kappa shape index (κ1) is 22.6. The van der Waals surface area contributed by atoms with Crippen LogP contribution in [0, 0.1) is 24.0 Å². The van der Waals surface area contributed by atoms with Crippen LogP contribution in [-0.2, 0) is 14.6 Å². The van der Waals surface area contributed by atoms with E-state index in [0.717, 1.165) is 11.1 Å². The maximum Gasteiger partial charge on any atom is 0.271 e. The fourth-order valence-electron chi connectivity index (χ4n) is 4.37. The minimum Gasteiger partial charge on any atom is -0.454 e. The first-order chi connectivity index (χ1) is 16.6. The van der Waals surface area contributed by atoms with Crippen LogP contribution in [0.15, 0.2) is 65.6 Å². The molecule has 1 atom stereocenters. The van der Waals surface area contributed by atoms with Crippen molar-refractivity contribution in [2.45, 2.75) is 19.2 Å². The zero-order chi connectivity index (χ0) is 24.9. The van der Waals surface area contributed by atoms with Crippen LogP contribution in [0.1, 0.15) is 27.6 Å². The van der Waals surface area contributed by atoms with Crippen molar-refractivity contribution < 1.29 is 27.6 Å². The van der Waals surface area contributed by atoms with E-state index in [1.165, 1.54) is 35.2 Å². The molecule has 3 aromatic carbocycles. The van der Waals surface area contributed by atoms with Crippen LogP contribution in [0.25, 0.3) is 6.08 Å². The number of carbonyl (C=O) groups excluding carboxylic acids is 1. The largest absolute Gasteiger partial charge is 0.454 e. The molecule has 5 rings (SSSR count). The molecule has 1 fully saturated rings. The molecular weight excluding hydrogens is 472 g/mol. The first-order valence-electron chi connectivity index (χ1n) is 10.7. The molecule has 35 heavy (non-hydrogen) atoms. The predicted molar refractivity (Wildman–Crippen MR) is 129 cm³/mol. The third-order valence-corrected chi connectivity index (χ3v) is 7.79. The van der Waals surface area contributed by atoms with Crippen LogP contribution >= 0.6 is 0 Å². The summed E-state index contributed by atoms with van der Waals surface area (Å²) in [6.07, 6.45) is 1.30. The molecule has 1 saturated heterocycles. The van der Waals surface area contributed by atoms with E-state index in [9.17, 15) is 23.3 Å². The fraction of sp³-hybridized carbons (Fsp3) is 0.160. The van der Waals surface area contributed by atoms with Gasteiger partial charge in [-0.15, -0.1) is 0 Å². The number of anilines is 1. The minimum absolute atomic E-state index is 0.0575. The highest BCUT2D eigenvalue weighted by Crippen LogP contribution is 2.45. The van der Waals surface area contributed by atoms with Crippen LogP contribution in [-0.4, -0.2) is 26.0 Å². The highest BCUT2D eigenvalue weighted by molar-refractivity contribution is 7.97. The molecule has 0 spiro atoms. The second-order valence-electron chi connectivity index (χ2n) is 8.39. The molecule has 2 aliphatic rings. The molecule has 0 N–H and O–H groups in total. The van der Waals surface area contributed by atoms with Gasteiger partial charge in [-0.25, -0.2) is 8.42 Å². The average molecular weight is 493 g/mol. The maximum absolute atomic E-state index is 13.8. The Balaban J connectivity index is 1.70. The van der Waals surface area contributed by atoms with Gasteiger partial charge in [0.2, 0.25) is 16.6 Å². The van der Waals surface area contributed by atoms with Gasteiger partial charge in [-0.1, -0.05) is 24.3 Å². The predicted octanol–water partition coefficient (Wildman–Crippen LogP) is 4.44. The number of nitro groups is 1. The summed E-state index contributed by atoms with van der Waals surface area (Å²) in [4.78, 5) is 25.2. The highest BCUT2D eigenvalue weighted by atomic mass is 32.2. The van der Waals surface area contributed by atoms with E-state index in [1.54, 1.807) is 30.3 Å². The van der Waals surface area contributed by atoms with Gasteiger partial charge in [0.1, 0.15) is 4.91 Å². The lowest BCUT2D eigenvalue weighted by molar-refractivity contribution is -0.384. The fourth-order valence-corrected chi connectivity index (χ4v) is 6.25. The third kappa shape index (κ3) is 3.91. The van der Waals surface area contributed by atoms with Crippen LogP contribution < -0.4 is 14.4 Å². The summed E-state index contributed by atoms with van der Waals surface area (Å²) in [5.74, 6) is 0.256. The number of fused-ring (bicyclic) bond motifs is 1. The number of aryl methyl sites for hydroxylation is 2. The van der Waals surface area contributed by atoms with Gasteiger partial charge in [-0.2, -0.15) is 0 Å². The van der Waals surface area contributed by atoms with Gasteiger partial charge in [0.05, 0.1) is 4.92 Å². The molecule has 10 heteroatoms. The lowest BCUT2D eigenvalue weighted by Gasteiger charge is -2.24. The smallest absolute Gasteiger partial charge is 0.271 e. The molecule has 0 saturated carbocycles. The van der Waals surface area contributed by atoms with Gasteiger partial charge < -0.3 is 9.47 Å². The molecule has 0 unspecified atom stereocenters. The van der Waals surface area contributed by atoms with Crippen LogP contribution in [0.3, 0.4) is 0 Å². The molecule has 0 bridgehead atoms. The molecule has 2 aliphatic heterocycles. The molecule has 0 aliphatic carbocycles. The second kappa shape index (κ2) is 8.24. The number of carbonyl (C=O) groups is 1. The maximum atomic E-state index is 13.8. The van der Waals surface area contributed by atoms with Crippen molar-refractivity contribution in [2.75, 3.05) is 11.7 Å². The summed E-state index contributed by atoms with van der Waals surface area (Å²) in [5.41, 5.74) is 2.38. The quantitative estimate of drug-likeness (QED) is 0.300. The van der Waals surface area contributed by atoms with Crippen molar-refractivity contribution in [2.24, 2.45) is 0 Å². The lowest BCUT2D eigenvalue weighted by Crippen LogP contribution is -2.29. The Morgan fingerprint density at radius 3 is 2.43 bits per heavy atom. The van der Waals surface area contributed by atoms with E-state index in [1.807, 2.05) is 19.9 Å². The summed E-state index contributed by atoms with van der Waals surface area (Å²) in [6, 6.07) is 15.6. The van der Waals surface area contributed by atoms with E-state index in [-0.39, 0.29) is 18.0 Å². The number of ether oxygens (including phenoxy) is 2. The normalized spacial score (nSPS) is 19.4.